The number of methoxy groups -OCH3 is 1. The van der Waals surface area contributed by atoms with E-state index in [0.717, 1.165) is 17.7 Å². The molecule has 0 bridgehead atoms. The van der Waals surface area contributed by atoms with Gasteiger partial charge in [-0.05, 0) is 73.0 Å². The number of rotatable bonds is 4. The van der Waals surface area contributed by atoms with Crippen molar-refractivity contribution in [1.82, 2.24) is 4.90 Å². The van der Waals surface area contributed by atoms with E-state index in [1.165, 1.54) is 74.4 Å². The summed E-state index contributed by atoms with van der Waals surface area (Å²) in [4.78, 5) is 2.80. The van der Waals surface area contributed by atoms with Gasteiger partial charge in [0.15, 0.2) is 0 Å². The lowest BCUT2D eigenvalue weighted by molar-refractivity contribution is 0.125. The first-order valence-electron chi connectivity index (χ1n) is 9.62. The third-order valence-electron chi connectivity index (χ3n) is 6.03. The summed E-state index contributed by atoms with van der Waals surface area (Å²) in [7, 11) is 1.73. The molecule has 2 aromatic rings. The van der Waals surface area contributed by atoms with Crippen molar-refractivity contribution in [3.63, 3.8) is 0 Å². The average molecular weight is 323 g/mol. The van der Waals surface area contributed by atoms with Gasteiger partial charge in [-0.15, -0.1) is 0 Å². The Morgan fingerprint density at radius 3 is 2.58 bits per heavy atom. The van der Waals surface area contributed by atoms with E-state index < -0.39 is 0 Å². The molecule has 1 saturated carbocycles. The summed E-state index contributed by atoms with van der Waals surface area (Å²) in [6, 6.07) is 14.2. The Morgan fingerprint density at radius 1 is 0.958 bits per heavy atom. The third-order valence-corrected chi connectivity index (χ3v) is 6.03. The van der Waals surface area contributed by atoms with Gasteiger partial charge < -0.3 is 9.64 Å². The van der Waals surface area contributed by atoms with Crippen molar-refractivity contribution in [3.8, 4) is 5.75 Å². The second kappa shape index (κ2) is 7.14. The second-order valence-corrected chi connectivity index (χ2v) is 7.69. The Bertz CT molecular complexity index is 689. The zero-order valence-electron chi connectivity index (χ0n) is 14.8. The van der Waals surface area contributed by atoms with Crippen molar-refractivity contribution in [2.45, 2.75) is 51.0 Å². The molecule has 0 N–H and O–H groups in total. The van der Waals surface area contributed by atoms with Gasteiger partial charge in [-0.3, -0.25) is 0 Å². The van der Waals surface area contributed by atoms with Gasteiger partial charge in [0.25, 0.3) is 0 Å². The summed E-state index contributed by atoms with van der Waals surface area (Å²) in [5.41, 5.74) is 1.49. The van der Waals surface area contributed by atoms with Gasteiger partial charge in [0.1, 0.15) is 5.75 Å². The molecule has 1 aliphatic heterocycles. The van der Waals surface area contributed by atoms with Gasteiger partial charge in [-0.25, -0.2) is 0 Å². The number of likely N-dealkylation sites (tertiary alicyclic amines) is 1. The molecular weight excluding hydrogens is 294 g/mol. The molecule has 128 valence electrons. The number of fused-ring (bicyclic) bond motifs is 1. The normalized spacial score (nSPS) is 23.0. The number of hydrogen-bond acceptors (Lipinski definition) is 2. The maximum atomic E-state index is 5.33. The zero-order valence-corrected chi connectivity index (χ0v) is 14.8. The first-order chi connectivity index (χ1) is 11.8. The fourth-order valence-corrected chi connectivity index (χ4v) is 4.73. The molecule has 2 nitrogen and oxygen atoms in total. The number of hydrogen-bond donors (Lipinski definition) is 0. The predicted octanol–water partition coefficient (Wildman–Crippen LogP) is 5.05. The Morgan fingerprint density at radius 2 is 1.75 bits per heavy atom. The van der Waals surface area contributed by atoms with Gasteiger partial charge in [0, 0.05) is 12.6 Å². The summed E-state index contributed by atoms with van der Waals surface area (Å²) in [5.74, 6) is 1.77. The highest BCUT2D eigenvalue weighted by molar-refractivity contribution is 5.84. The SMILES string of the molecule is COc1ccc2cc(CC3CCCN(C4CCCC4)C3)ccc2c1. The molecule has 1 heterocycles. The predicted molar refractivity (Wildman–Crippen MR) is 101 cm³/mol. The maximum Gasteiger partial charge on any atom is 0.119 e. The first-order valence-corrected chi connectivity index (χ1v) is 9.62. The van der Waals surface area contributed by atoms with E-state index in [1.807, 2.05) is 0 Å². The van der Waals surface area contributed by atoms with Gasteiger partial charge in [0.2, 0.25) is 0 Å². The molecule has 0 spiro atoms. The van der Waals surface area contributed by atoms with Crippen molar-refractivity contribution in [2.24, 2.45) is 5.92 Å². The van der Waals surface area contributed by atoms with Crippen molar-refractivity contribution in [3.05, 3.63) is 42.0 Å². The van der Waals surface area contributed by atoms with E-state index in [4.69, 9.17) is 4.74 Å². The van der Waals surface area contributed by atoms with E-state index in [2.05, 4.69) is 41.3 Å². The highest BCUT2D eigenvalue weighted by Gasteiger charge is 2.27. The Hall–Kier alpha value is -1.54. The van der Waals surface area contributed by atoms with Crippen molar-refractivity contribution in [1.29, 1.82) is 0 Å². The lowest BCUT2D eigenvalue weighted by Crippen LogP contribution is -2.42. The Labute approximate surface area is 145 Å². The van der Waals surface area contributed by atoms with Crippen LogP contribution in [0.4, 0.5) is 0 Å². The van der Waals surface area contributed by atoms with E-state index in [-0.39, 0.29) is 0 Å². The van der Waals surface area contributed by atoms with Crippen LogP contribution in [-0.2, 0) is 6.42 Å². The molecule has 2 aromatic carbocycles. The van der Waals surface area contributed by atoms with Crippen LogP contribution in [0.1, 0.15) is 44.1 Å². The number of nitrogens with zero attached hydrogens (tertiary/aromatic N) is 1. The minimum atomic E-state index is 0.829. The molecule has 0 aromatic heterocycles. The minimum Gasteiger partial charge on any atom is -0.497 e. The van der Waals surface area contributed by atoms with Crippen LogP contribution < -0.4 is 4.74 Å². The first kappa shape index (κ1) is 16.0. The molecule has 2 heteroatoms. The Balaban J connectivity index is 1.45. The van der Waals surface area contributed by atoms with Crippen LogP contribution in [0.5, 0.6) is 5.75 Å². The summed E-state index contributed by atoms with van der Waals surface area (Å²) < 4.78 is 5.33. The molecule has 2 aliphatic rings. The Kier molecular flexibility index (Phi) is 4.75. The molecule has 0 amide bonds. The summed E-state index contributed by atoms with van der Waals surface area (Å²) >= 11 is 0. The fourth-order valence-electron chi connectivity index (χ4n) is 4.73. The van der Waals surface area contributed by atoms with Crippen LogP contribution in [0.15, 0.2) is 36.4 Å². The molecule has 24 heavy (non-hydrogen) atoms. The number of piperidine rings is 1. The highest BCUT2D eigenvalue weighted by Crippen LogP contribution is 2.30. The monoisotopic (exact) mass is 323 g/mol. The molecule has 1 aliphatic carbocycles. The summed E-state index contributed by atoms with van der Waals surface area (Å²) in [6.45, 7) is 2.64. The molecule has 1 atom stereocenters. The quantitative estimate of drug-likeness (QED) is 0.781. The van der Waals surface area contributed by atoms with Crippen LogP contribution in [0, 0.1) is 5.92 Å². The molecule has 1 saturated heterocycles. The molecular formula is C22H29NO. The summed E-state index contributed by atoms with van der Waals surface area (Å²) in [5, 5.41) is 2.60. The van der Waals surface area contributed by atoms with Crippen molar-refractivity contribution < 1.29 is 4.74 Å². The molecule has 4 rings (SSSR count). The van der Waals surface area contributed by atoms with E-state index in [1.54, 1.807) is 7.11 Å². The van der Waals surface area contributed by atoms with Crippen LogP contribution >= 0.6 is 0 Å². The maximum absolute atomic E-state index is 5.33. The standard InChI is InChI=1S/C22H29NO/c1-24-22-11-10-19-14-17(8-9-20(19)15-22)13-18-5-4-12-23(16-18)21-6-2-3-7-21/h8-11,14-15,18,21H,2-7,12-13,16H2,1H3. The zero-order chi connectivity index (χ0) is 16.4. The van der Waals surface area contributed by atoms with Crippen molar-refractivity contribution in [2.75, 3.05) is 20.2 Å². The van der Waals surface area contributed by atoms with E-state index in [9.17, 15) is 0 Å². The second-order valence-electron chi connectivity index (χ2n) is 7.69. The lowest BCUT2D eigenvalue weighted by Gasteiger charge is -2.37. The largest absolute Gasteiger partial charge is 0.497 e. The van der Waals surface area contributed by atoms with E-state index >= 15 is 0 Å². The van der Waals surface area contributed by atoms with Crippen LogP contribution in [0.2, 0.25) is 0 Å². The molecule has 0 radical (unpaired) electrons. The van der Waals surface area contributed by atoms with Crippen LogP contribution in [0.3, 0.4) is 0 Å². The van der Waals surface area contributed by atoms with E-state index in [0.29, 0.717) is 0 Å². The fraction of sp³-hybridized carbons (Fsp3) is 0.545. The summed E-state index contributed by atoms with van der Waals surface area (Å²) in [6.07, 6.45) is 9.76. The third kappa shape index (κ3) is 3.44. The smallest absolute Gasteiger partial charge is 0.119 e. The number of benzene rings is 2. The van der Waals surface area contributed by atoms with Gasteiger partial charge >= 0.3 is 0 Å². The highest BCUT2D eigenvalue weighted by atomic mass is 16.5. The molecule has 2 fully saturated rings. The average Bonchev–Trinajstić information content (AvgIpc) is 3.16. The molecule has 1 unspecified atom stereocenters. The van der Waals surface area contributed by atoms with Crippen LogP contribution in [-0.4, -0.2) is 31.1 Å². The van der Waals surface area contributed by atoms with Crippen molar-refractivity contribution >= 4 is 10.8 Å². The van der Waals surface area contributed by atoms with Gasteiger partial charge in [-0.2, -0.15) is 0 Å². The van der Waals surface area contributed by atoms with Crippen LogP contribution in [0.25, 0.3) is 10.8 Å². The van der Waals surface area contributed by atoms with Gasteiger partial charge in [0.05, 0.1) is 7.11 Å². The lowest BCUT2D eigenvalue weighted by atomic mass is 9.89. The topological polar surface area (TPSA) is 12.5 Å². The van der Waals surface area contributed by atoms with Gasteiger partial charge in [-0.1, -0.05) is 37.1 Å². The number of ether oxygens (including phenoxy) is 1. The minimum absolute atomic E-state index is 0.829.